The maximum absolute atomic E-state index is 4.33. The number of aromatic nitrogens is 2. The molecular formula is C11H11N3. The zero-order valence-corrected chi connectivity index (χ0v) is 7.94. The molecular weight excluding hydrogens is 174 g/mol. The van der Waals surface area contributed by atoms with Gasteiger partial charge in [0.05, 0.1) is 17.6 Å². The number of hydrogen-bond donors (Lipinski definition) is 1. The van der Waals surface area contributed by atoms with E-state index in [1.54, 1.807) is 12.4 Å². The maximum Gasteiger partial charge on any atom is 0.0704 e. The van der Waals surface area contributed by atoms with Crippen molar-refractivity contribution in [2.75, 3.05) is 12.4 Å². The van der Waals surface area contributed by atoms with E-state index in [1.807, 2.05) is 37.5 Å². The molecule has 0 saturated carbocycles. The highest BCUT2D eigenvalue weighted by molar-refractivity contribution is 5.60. The number of anilines is 1. The Hall–Kier alpha value is -1.90. The molecule has 0 radical (unpaired) electrons. The first-order valence-corrected chi connectivity index (χ1v) is 4.44. The highest BCUT2D eigenvalue weighted by Gasteiger charge is 1.97. The molecule has 0 saturated heterocycles. The molecule has 0 aliphatic carbocycles. The van der Waals surface area contributed by atoms with Crippen LogP contribution in [0.2, 0.25) is 0 Å². The van der Waals surface area contributed by atoms with Gasteiger partial charge in [-0.2, -0.15) is 0 Å². The Balaban J connectivity index is 2.34. The molecule has 2 heterocycles. The van der Waals surface area contributed by atoms with E-state index in [0.717, 1.165) is 16.9 Å². The highest BCUT2D eigenvalue weighted by Crippen LogP contribution is 2.16. The summed E-state index contributed by atoms with van der Waals surface area (Å²) in [5.74, 6) is 0. The van der Waals surface area contributed by atoms with Crippen molar-refractivity contribution in [1.29, 1.82) is 0 Å². The zero-order chi connectivity index (χ0) is 9.80. The van der Waals surface area contributed by atoms with Crippen LogP contribution in [0.4, 0.5) is 5.69 Å². The molecule has 0 unspecified atom stereocenters. The summed E-state index contributed by atoms with van der Waals surface area (Å²) in [4.78, 5) is 8.29. The van der Waals surface area contributed by atoms with Gasteiger partial charge in [-0.3, -0.25) is 9.97 Å². The van der Waals surface area contributed by atoms with Crippen molar-refractivity contribution < 1.29 is 0 Å². The summed E-state index contributed by atoms with van der Waals surface area (Å²) in [7, 11) is 1.88. The van der Waals surface area contributed by atoms with Gasteiger partial charge < -0.3 is 5.32 Å². The van der Waals surface area contributed by atoms with E-state index in [1.165, 1.54) is 0 Å². The molecule has 0 spiro atoms. The minimum atomic E-state index is 0.964. The minimum Gasteiger partial charge on any atom is -0.387 e. The average molecular weight is 185 g/mol. The maximum atomic E-state index is 4.33. The molecule has 0 bridgehead atoms. The lowest BCUT2D eigenvalue weighted by molar-refractivity contribution is 1.28. The second-order valence-corrected chi connectivity index (χ2v) is 2.92. The molecule has 14 heavy (non-hydrogen) atoms. The van der Waals surface area contributed by atoms with Gasteiger partial charge in [-0.25, -0.2) is 0 Å². The number of nitrogens with one attached hydrogen (secondary N) is 1. The van der Waals surface area contributed by atoms with Gasteiger partial charge in [0, 0.05) is 25.0 Å². The van der Waals surface area contributed by atoms with Crippen LogP contribution in [0.25, 0.3) is 11.3 Å². The molecule has 1 N–H and O–H groups in total. The summed E-state index contributed by atoms with van der Waals surface area (Å²) in [5, 5.41) is 3.03. The largest absolute Gasteiger partial charge is 0.387 e. The Kier molecular flexibility index (Phi) is 2.40. The highest BCUT2D eigenvalue weighted by atomic mass is 14.8. The summed E-state index contributed by atoms with van der Waals surface area (Å²) in [6, 6.07) is 7.88. The van der Waals surface area contributed by atoms with Gasteiger partial charge in [-0.15, -0.1) is 0 Å². The lowest BCUT2D eigenvalue weighted by Gasteiger charge is -2.02. The molecule has 0 aliphatic heterocycles. The van der Waals surface area contributed by atoms with Gasteiger partial charge in [-0.1, -0.05) is 0 Å². The third-order valence-electron chi connectivity index (χ3n) is 2.03. The van der Waals surface area contributed by atoms with Crippen molar-refractivity contribution >= 4 is 5.69 Å². The first kappa shape index (κ1) is 8.69. The molecule has 3 nitrogen and oxygen atoms in total. The number of rotatable bonds is 2. The second kappa shape index (κ2) is 3.87. The Morgan fingerprint density at radius 3 is 2.43 bits per heavy atom. The van der Waals surface area contributed by atoms with Crippen LogP contribution in [0.1, 0.15) is 0 Å². The minimum absolute atomic E-state index is 0.964. The molecule has 3 heteroatoms. The van der Waals surface area contributed by atoms with Crippen molar-refractivity contribution in [2.45, 2.75) is 0 Å². The molecule has 0 aromatic carbocycles. The predicted octanol–water partition coefficient (Wildman–Crippen LogP) is 2.19. The fraction of sp³-hybridized carbons (Fsp3) is 0.0909. The van der Waals surface area contributed by atoms with Gasteiger partial charge in [0.15, 0.2) is 0 Å². The van der Waals surface area contributed by atoms with Crippen LogP contribution in [-0.2, 0) is 0 Å². The van der Waals surface area contributed by atoms with E-state index >= 15 is 0 Å². The number of nitrogens with zero attached hydrogens (tertiary/aromatic N) is 2. The molecule has 0 atom stereocenters. The van der Waals surface area contributed by atoms with Gasteiger partial charge >= 0.3 is 0 Å². The van der Waals surface area contributed by atoms with Gasteiger partial charge in [0.25, 0.3) is 0 Å². The molecule has 0 aliphatic rings. The second-order valence-electron chi connectivity index (χ2n) is 2.92. The molecule has 2 aromatic rings. The summed E-state index contributed by atoms with van der Waals surface area (Å²) in [6.07, 6.45) is 5.35. The van der Waals surface area contributed by atoms with E-state index in [9.17, 15) is 0 Å². The third kappa shape index (κ3) is 1.71. The Morgan fingerprint density at radius 2 is 1.86 bits per heavy atom. The topological polar surface area (TPSA) is 37.8 Å². The molecule has 0 fully saturated rings. The normalized spacial score (nSPS) is 9.79. The molecule has 0 amide bonds. The SMILES string of the molecule is CNc1ccc(-c2ccncc2)nc1. The van der Waals surface area contributed by atoms with Crippen molar-refractivity contribution in [1.82, 2.24) is 9.97 Å². The lowest BCUT2D eigenvalue weighted by Crippen LogP contribution is -1.89. The van der Waals surface area contributed by atoms with Crippen LogP contribution >= 0.6 is 0 Å². The van der Waals surface area contributed by atoms with E-state index in [-0.39, 0.29) is 0 Å². The third-order valence-corrected chi connectivity index (χ3v) is 2.03. The van der Waals surface area contributed by atoms with Crippen LogP contribution in [0.5, 0.6) is 0 Å². The van der Waals surface area contributed by atoms with Crippen LogP contribution in [0, 0.1) is 0 Å². The molecule has 2 rings (SSSR count). The predicted molar refractivity (Wildman–Crippen MR) is 57.0 cm³/mol. The van der Waals surface area contributed by atoms with Gasteiger partial charge in [0.2, 0.25) is 0 Å². The van der Waals surface area contributed by atoms with Crippen LogP contribution in [0.3, 0.4) is 0 Å². The van der Waals surface area contributed by atoms with Crippen LogP contribution in [-0.4, -0.2) is 17.0 Å². The van der Waals surface area contributed by atoms with Crippen molar-refractivity contribution in [3.8, 4) is 11.3 Å². The Bertz CT molecular complexity index is 395. The van der Waals surface area contributed by atoms with Crippen molar-refractivity contribution in [3.05, 3.63) is 42.9 Å². The van der Waals surface area contributed by atoms with Crippen molar-refractivity contribution in [3.63, 3.8) is 0 Å². The summed E-state index contributed by atoms with van der Waals surface area (Å²) in [5.41, 5.74) is 3.07. The monoisotopic (exact) mass is 185 g/mol. The van der Waals surface area contributed by atoms with Gasteiger partial charge in [-0.05, 0) is 24.3 Å². The van der Waals surface area contributed by atoms with Crippen LogP contribution in [0.15, 0.2) is 42.9 Å². The first-order valence-electron chi connectivity index (χ1n) is 4.44. The first-order chi connectivity index (χ1) is 6.90. The summed E-state index contributed by atoms with van der Waals surface area (Å²) >= 11 is 0. The molecule has 2 aromatic heterocycles. The zero-order valence-electron chi connectivity index (χ0n) is 7.94. The van der Waals surface area contributed by atoms with E-state index in [0.29, 0.717) is 0 Å². The quantitative estimate of drug-likeness (QED) is 0.779. The fourth-order valence-electron chi connectivity index (χ4n) is 1.24. The van der Waals surface area contributed by atoms with E-state index in [4.69, 9.17) is 0 Å². The number of pyridine rings is 2. The summed E-state index contributed by atoms with van der Waals surface area (Å²) in [6.45, 7) is 0. The number of hydrogen-bond acceptors (Lipinski definition) is 3. The Labute approximate surface area is 82.8 Å². The van der Waals surface area contributed by atoms with Crippen LogP contribution < -0.4 is 5.32 Å². The average Bonchev–Trinajstić information content (AvgIpc) is 2.30. The van der Waals surface area contributed by atoms with Crippen molar-refractivity contribution in [2.24, 2.45) is 0 Å². The lowest BCUT2D eigenvalue weighted by atomic mass is 10.2. The Morgan fingerprint density at radius 1 is 1.07 bits per heavy atom. The summed E-state index contributed by atoms with van der Waals surface area (Å²) < 4.78 is 0. The standard InChI is InChI=1S/C11H11N3/c1-12-10-2-3-11(14-8-10)9-4-6-13-7-5-9/h2-8,12H,1H3. The van der Waals surface area contributed by atoms with E-state index < -0.39 is 0 Å². The van der Waals surface area contributed by atoms with Gasteiger partial charge in [0.1, 0.15) is 0 Å². The fourth-order valence-corrected chi connectivity index (χ4v) is 1.24. The van der Waals surface area contributed by atoms with E-state index in [2.05, 4.69) is 15.3 Å². The molecule has 70 valence electrons. The smallest absolute Gasteiger partial charge is 0.0704 e.